The molecule has 2 heterocycles. The summed E-state index contributed by atoms with van der Waals surface area (Å²) in [6.07, 6.45) is 1.69. The lowest BCUT2D eigenvalue weighted by Gasteiger charge is -1.94. The van der Waals surface area contributed by atoms with Crippen LogP contribution in [0.25, 0.3) is 10.6 Å². The third-order valence-corrected chi connectivity index (χ3v) is 2.71. The predicted molar refractivity (Wildman–Crippen MR) is 50.1 cm³/mol. The molecule has 0 aromatic carbocycles. The number of nitrogens with one attached hydrogen (secondary N) is 1. The van der Waals surface area contributed by atoms with Gasteiger partial charge in [-0.15, -0.1) is 11.3 Å². The molecule has 2 aromatic rings. The fourth-order valence-electron chi connectivity index (χ4n) is 0.962. The fraction of sp³-hybridized carbons (Fsp3) is 0. The van der Waals surface area contributed by atoms with Gasteiger partial charge < -0.3 is 10.2 Å². The Hall–Kier alpha value is -1.07. The maximum Gasteiger partial charge on any atom is 0.212 e. The predicted octanol–water partition coefficient (Wildman–Crippen LogP) is 2.51. The molecule has 0 saturated heterocycles. The van der Waals surface area contributed by atoms with Gasteiger partial charge in [0.1, 0.15) is 5.69 Å². The van der Waals surface area contributed by atoms with E-state index in [1.54, 1.807) is 17.5 Å². The Morgan fingerprint density at radius 2 is 2.42 bits per heavy atom. The van der Waals surface area contributed by atoms with Crippen molar-refractivity contribution in [2.45, 2.75) is 0 Å². The van der Waals surface area contributed by atoms with Gasteiger partial charge in [-0.25, -0.2) is 0 Å². The van der Waals surface area contributed by atoms with Crippen molar-refractivity contribution in [2.24, 2.45) is 0 Å². The van der Waals surface area contributed by atoms with Gasteiger partial charge in [0.05, 0.1) is 4.88 Å². The van der Waals surface area contributed by atoms with Crippen molar-refractivity contribution in [3.63, 3.8) is 0 Å². The molecule has 0 aliphatic carbocycles. The number of hydrogen-bond donors (Lipinski definition) is 2. The Morgan fingerprint density at radius 3 is 2.92 bits per heavy atom. The highest BCUT2D eigenvalue weighted by Gasteiger charge is 2.04. The molecule has 0 radical (unpaired) electrons. The topological polar surface area (TPSA) is 41.0 Å². The molecule has 0 bridgehead atoms. The Morgan fingerprint density at radius 1 is 1.58 bits per heavy atom. The van der Waals surface area contributed by atoms with E-state index in [2.05, 4.69) is 4.98 Å². The first-order chi connectivity index (χ1) is 5.79. The summed E-state index contributed by atoms with van der Waals surface area (Å²) < 4.78 is 1.29. The van der Waals surface area contributed by atoms with Crippen LogP contribution in [0, 0.1) is 4.77 Å². The molecule has 0 saturated carbocycles. The Balaban J connectivity index is 2.62. The highest BCUT2D eigenvalue weighted by Crippen LogP contribution is 2.23. The molecular weight excluding hydrogens is 192 g/mol. The van der Waals surface area contributed by atoms with Gasteiger partial charge in [0.25, 0.3) is 0 Å². The van der Waals surface area contributed by atoms with Crippen LogP contribution in [0.15, 0.2) is 23.7 Å². The average Bonchev–Trinajstić information content (AvgIpc) is 2.64. The maximum absolute atomic E-state index is 9.40. The van der Waals surface area contributed by atoms with Crippen LogP contribution < -0.4 is 0 Å². The highest BCUT2D eigenvalue weighted by atomic mass is 32.1. The van der Waals surface area contributed by atoms with Crippen LogP contribution >= 0.6 is 23.6 Å². The van der Waals surface area contributed by atoms with Crippen LogP contribution in [0.1, 0.15) is 0 Å². The summed E-state index contributed by atoms with van der Waals surface area (Å²) in [4.78, 5) is 3.75. The highest BCUT2D eigenvalue weighted by molar-refractivity contribution is 7.71. The van der Waals surface area contributed by atoms with Crippen LogP contribution in [0.2, 0.25) is 0 Å². The largest absolute Gasteiger partial charge is 0.425 e. The summed E-state index contributed by atoms with van der Waals surface area (Å²) in [6, 6.07) is 3.85. The molecule has 62 valence electrons. The van der Waals surface area contributed by atoms with Gasteiger partial charge >= 0.3 is 0 Å². The second-order valence-corrected chi connectivity index (χ2v) is 3.60. The number of imidazole rings is 1. The lowest BCUT2D eigenvalue weighted by Crippen LogP contribution is -1.90. The van der Waals surface area contributed by atoms with E-state index >= 15 is 0 Å². The summed E-state index contributed by atoms with van der Waals surface area (Å²) in [5.41, 5.74) is 0.704. The van der Waals surface area contributed by atoms with Gasteiger partial charge in [0, 0.05) is 6.20 Å². The number of rotatable bonds is 1. The van der Waals surface area contributed by atoms with Gasteiger partial charge in [0.15, 0.2) is 0 Å². The quantitative estimate of drug-likeness (QED) is 0.546. The number of thiophene rings is 1. The summed E-state index contributed by atoms with van der Waals surface area (Å²) in [5.74, 6) is 0. The number of H-pyrrole nitrogens is 1. The minimum Gasteiger partial charge on any atom is -0.425 e. The van der Waals surface area contributed by atoms with E-state index in [1.807, 2.05) is 17.5 Å². The molecular formula is C7H6N2OS2. The van der Waals surface area contributed by atoms with E-state index in [1.165, 1.54) is 0 Å². The molecule has 0 aliphatic rings. The summed E-state index contributed by atoms with van der Waals surface area (Å²) in [5, 5.41) is 11.3. The Kier molecular flexibility index (Phi) is 1.74. The molecule has 0 amide bonds. The number of hydrogen-bond acceptors (Lipinski definition) is 3. The molecule has 0 spiro atoms. The van der Waals surface area contributed by atoms with Crippen molar-refractivity contribution in [3.05, 3.63) is 28.5 Å². The van der Waals surface area contributed by atoms with Crippen LogP contribution in [0.3, 0.4) is 0 Å². The third-order valence-electron chi connectivity index (χ3n) is 1.53. The molecule has 2 N–H and O–H groups in total. The monoisotopic (exact) mass is 198 g/mol. The van der Waals surface area contributed by atoms with Gasteiger partial charge in [-0.05, 0) is 23.7 Å². The lowest BCUT2D eigenvalue weighted by molar-refractivity contribution is 0.186. The Bertz CT molecular complexity index is 426. The lowest BCUT2D eigenvalue weighted by atomic mass is 10.4. The molecule has 0 fully saturated rings. The summed E-state index contributed by atoms with van der Waals surface area (Å²) >= 11 is 6.37. The van der Waals surface area contributed by atoms with Crippen molar-refractivity contribution >= 4 is 23.6 Å². The first-order valence-corrected chi connectivity index (χ1v) is 4.61. The fourth-order valence-corrected chi connectivity index (χ4v) is 1.85. The molecule has 2 rings (SSSR count). The first-order valence-electron chi connectivity index (χ1n) is 3.32. The van der Waals surface area contributed by atoms with E-state index in [9.17, 15) is 5.21 Å². The Labute approximate surface area is 77.9 Å². The van der Waals surface area contributed by atoms with Crippen LogP contribution in [0.4, 0.5) is 0 Å². The summed E-state index contributed by atoms with van der Waals surface area (Å²) in [7, 11) is 0. The standard InChI is InChI=1S/C7H6N2OS2/c10-9-5(4-8-7(9)11)6-2-1-3-12-6/h1-4,10H,(H,8,11). The second-order valence-electron chi connectivity index (χ2n) is 2.27. The van der Waals surface area contributed by atoms with Crippen molar-refractivity contribution < 1.29 is 5.21 Å². The average molecular weight is 198 g/mol. The van der Waals surface area contributed by atoms with E-state index in [0.29, 0.717) is 10.5 Å². The summed E-state index contributed by atoms with van der Waals surface area (Å²) in [6.45, 7) is 0. The number of aromatic amines is 1. The van der Waals surface area contributed by atoms with Gasteiger partial charge in [-0.3, -0.25) is 0 Å². The number of aromatic nitrogens is 2. The van der Waals surface area contributed by atoms with Gasteiger partial charge in [-0.2, -0.15) is 4.73 Å². The molecule has 0 atom stereocenters. The van der Waals surface area contributed by atoms with Crippen LogP contribution in [0.5, 0.6) is 0 Å². The van der Waals surface area contributed by atoms with Crippen molar-refractivity contribution in [1.82, 2.24) is 9.71 Å². The molecule has 5 heteroatoms. The minimum atomic E-state index is 0.318. The molecule has 2 aromatic heterocycles. The van der Waals surface area contributed by atoms with Gasteiger partial charge in [-0.1, -0.05) is 6.07 Å². The smallest absolute Gasteiger partial charge is 0.212 e. The third kappa shape index (κ3) is 1.07. The molecule has 12 heavy (non-hydrogen) atoms. The zero-order chi connectivity index (χ0) is 8.55. The van der Waals surface area contributed by atoms with Crippen LogP contribution in [-0.2, 0) is 0 Å². The second kappa shape index (κ2) is 2.76. The zero-order valence-electron chi connectivity index (χ0n) is 6.02. The van der Waals surface area contributed by atoms with Crippen molar-refractivity contribution in [2.75, 3.05) is 0 Å². The maximum atomic E-state index is 9.40. The van der Waals surface area contributed by atoms with E-state index in [-0.39, 0.29) is 0 Å². The molecule has 0 aliphatic heterocycles. The van der Waals surface area contributed by atoms with Gasteiger partial charge in [0.2, 0.25) is 4.77 Å². The molecule has 3 nitrogen and oxygen atoms in total. The normalized spacial score (nSPS) is 10.3. The van der Waals surface area contributed by atoms with E-state index < -0.39 is 0 Å². The zero-order valence-corrected chi connectivity index (χ0v) is 7.65. The minimum absolute atomic E-state index is 0.318. The van der Waals surface area contributed by atoms with Crippen molar-refractivity contribution in [3.8, 4) is 10.6 Å². The molecule has 0 unspecified atom stereocenters. The van der Waals surface area contributed by atoms with E-state index in [4.69, 9.17) is 12.2 Å². The van der Waals surface area contributed by atoms with Crippen LogP contribution in [-0.4, -0.2) is 14.9 Å². The van der Waals surface area contributed by atoms with Crippen molar-refractivity contribution in [1.29, 1.82) is 0 Å². The first kappa shape index (κ1) is 7.57. The SMILES string of the molecule is On1c(-c2cccs2)c[nH]c1=S. The number of nitrogens with zero attached hydrogens (tertiary/aromatic N) is 1. The van der Waals surface area contributed by atoms with E-state index in [0.717, 1.165) is 9.61 Å².